The third kappa shape index (κ3) is 2.39. The molecule has 1 fully saturated rings. The van der Waals surface area contributed by atoms with Gasteiger partial charge in [0, 0.05) is 26.3 Å². The van der Waals surface area contributed by atoms with Crippen LogP contribution in [0.1, 0.15) is 31.7 Å². The summed E-state index contributed by atoms with van der Waals surface area (Å²) in [6.07, 6.45) is 6.34. The van der Waals surface area contributed by atoms with Gasteiger partial charge in [0.2, 0.25) is 0 Å². The molecular formula is C17H20N4O2S. The number of aromatic nitrogens is 3. The molecule has 0 radical (unpaired) electrons. The van der Waals surface area contributed by atoms with Gasteiger partial charge in [0.05, 0.1) is 29.0 Å². The van der Waals surface area contributed by atoms with Crippen molar-refractivity contribution in [1.29, 1.82) is 0 Å². The summed E-state index contributed by atoms with van der Waals surface area (Å²) >= 11 is 1.42. The topological polar surface area (TPSA) is 71.2 Å². The second-order valence-electron chi connectivity index (χ2n) is 6.60. The molecule has 0 aromatic carbocycles. The molecule has 0 unspecified atom stereocenters. The maximum Gasteiger partial charge on any atom is 0.271 e. The number of anilines is 1. The van der Waals surface area contributed by atoms with Crippen molar-refractivity contribution in [3.8, 4) is 0 Å². The highest BCUT2D eigenvalue weighted by Crippen LogP contribution is 2.36. The van der Waals surface area contributed by atoms with Crippen molar-refractivity contribution in [2.45, 2.75) is 37.8 Å². The van der Waals surface area contributed by atoms with E-state index in [0.717, 1.165) is 47.1 Å². The Bertz CT molecular complexity index is 954. The lowest BCUT2D eigenvalue weighted by Gasteiger charge is -2.26. The Morgan fingerprint density at radius 1 is 1.25 bits per heavy atom. The zero-order valence-corrected chi connectivity index (χ0v) is 14.6. The fourth-order valence-electron chi connectivity index (χ4n) is 3.52. The summed E-state index contributed by atoms with van der Waals surface area (Å²) < 4.78 is 2.42. The van der Waals surface area contributed by atoms with Crippen LogP contribution in [0.2, 0.25) is 0 Å². The van der Waals surface area contributed by atoms with Gasteiger partial charge in [-0.1, -0.05) is 0 Å². The summed E-state index contributed by atoms with van der Waals surface area (Å²) in [6.45, 7) is 0. The number of nitrogens with zero attached hydrogens (tertiary/aromatic N) is 4. The van der Waals surface area contributed by atoms with Gasteiger partial charge in [0.25, 0.3) is 5.56 Å². The van der Waals surface area contributed by atoms with E-state index in [4.69, 9.17) is 0 Å². The molecule has 0 amide bonds. The van der Waals surface area contributed by atoms with Crippen molar-refractivity contribution < 1.29 is 5.11 Å². The third-order valence-electron chi connectivity index (χ3n) is 4.83. The molecule has 3 heterocycles. The molecule has 126 valence electrons. The number of fused-ring (bicyclic) bond motifs is 3. The minimum absolute atomic E-state index is 0.00842. The standard InChI is InChI=1S/C17H20N4O2S/c1-20(2)12-7-8-18-16-13(12)14-15(24-16)17(23)21(9-19-14)10-3-5-11(22)6-4-10/h7-11,22H,3-6H2,1-2H3/t10-,11-. The van der Waals surface area contributed by atoms with Crippen LogP contribution in [0, 0.1) is 0 Å². The van der Waals surface area contributed by atoms with Crippen molar-refractivity contribution in [2.75, 3.05) is 19.0 Å². The van der Waals surface area contributed by atoms with Gasteiger partial charge in [0.1, 0.15) is 9.53 Å². The van der Waals surface area contributed by atoms with Crippen LogP contribution < -0.4 is 10.5 Å². The number of pyridine rings is 1. The van der Waals surface area contributed by atoms with E-state index in [2.05, 4.69) is 9.97 Å². The van der Waals surface area contributed by atoms with Gasteiger partial charge in [0.15, 0.2) is 0 Å². The normalized spacial score (nSPS) is 21.5. The molecule has 0 aliphatic heterocycles. The minimum atomic E-state index is -0.232. The van der Waals surface area contributed by atoms with Crippen LogP contribution in [0.15, 0.2) is 23.4 Å². The highest BCUT2D eigenvalue weighted by atomic mass is 32.1. The maximum absolute atomic E-state index is 13.0. The van der Waals surface area contributed by atoms with E-state index >= 15 is 0 Å². The van der Waals surface area contributed by atoms with E-state index < -0.39 is 0 Å². The molecule has 3 aromatic heterocycles. The summed E-state index contributed by atoms with van der Waals surface area (Å²) in [5.41, 5.74) is 1.77. The Kier molecular flexibility index (Phi) is 3.77. The van der Waals surface area contributed by atoms with Gasteiger partial charge < -0.3 is 10.0 Å². The van der Waals surface area contributed by atoms with Gasteiger partial charge in [-0.05, 0) is 31.7 Å². The van der Waals surface area contributed by atoms with Crippen LogP contribution in [0.3, 0.4) is 0 Å². The highest BCUT2D eigenvalue weighted by molar-refractivity contribution is 7.25. The predicted octanol–water partition coefficient (Wildman–Crippen LogP) is 2.55. The summed E-state index contributed by atoms with van der Waals surface area (Å²) in [5, 5.41) is 10.6. The van der Waals surface area contributed by atoms with Crippen LogP contribution in [0.25, 0.3) is 20.4 Å². The molecule has 6 nitrogen and oxygen atoms in total. The van der Waals surface area contributed by atoms with Crippen LogP contribution in [-0.4, -0.2) is 39.8 Å². The Labute approximate surface area is 143 Å². The summed E-state index contributed by atoms with van der Waals surface area (Å²) in [5.74, 6) is 0. The zero-order valence-electron chi connectivity index (χ0n) is 13.8. The van der Waals surface area contributed by atoms with E-state index in [1.54, 1.807) is 17.1 Å². The Balaban J connectivity index is 1.90. The monoisotopic (exact) mass is 344 g/mol. The van der Waals surface area contributed by atoms with Crippen LogP contribution in [-0.2, 0) is 0 Å². The quantitative estimate of drug-likeness (QED) is 0.773. The van der Waals surface area contributed by atoms with E-state index in [-0.39, 0.29) is 17.7 Å². The van der Waals surface area contributed by atoms with Gasteiger partial charge in [-0.2, -0.15) is 0 Å². The average Bonchev–Trinajstić information content (AvgIpc) is 2.96. The fraction of sp³-hybridized carbons (Fsp3) is 0.471. The van der Waals surface area contributed by atoms with Crippen molar-refractivity contribution in [3.63, 3.8) is 0 Å². The summed E-state index contributed by atoms with van der Waals surface area (Å²) in [6, 6.07) is 2.08. The van der Waals surface area contributed by atoms with Crippen molar-refractivity contribution in [3.05, 3.63) is 28.9 Å². The molecule has 0 saturated heterocycles. The lowest BCUT2D eigenvalue weighted by atomic mass is 9.93. The van der Waals surface area contributed by atoms with Crippen LogP contribution in [0.5, 0.6) is 0 Å². The van der Waals surface area contributed by atoms with E-state index in [0.29, 0.717) is 4.70 Å². The lowest BCUT2D eigenvalue weighted by molar-refractivity contribution is 0.110. The van der Waals surface area contributed by atoms with Gasteiger partial charge >= 0.3 is 0 Å². The second-order valence-corrected chi connectivity index (χ2v) is 7.60. The molecule has 3 aromatic rings. The molecular weight excluding hydrogens is 324 g/mol. The third-order valence-corrected chi connectivity index (χ3v) is 5.90. The first-order valence-corrected chi connectivity index (χ1v) is 9.01. The van der Waals surface area contributed by atoms with Gasteiger partial charge in [-0.3, -0.25) is 9.36 Å². The first-order valence-electron chi connectivity index (χ1n) is 8.20. The van der Waals surface area contributed by atoms with Crippen LogP contribution >= 0.6 is 11.3 Å². The molecule has 0 spiro atoms. The number of aliphatic hydroxyl groups excluding tert-OH is 1. The van der Waals surface area contributed by atoms with Gasteiger partial charge in [-0.25, -0.2) is 9.97 Å². The van der Waals surface area contributed by atoms with E-state index in [9.17, 15) is 9.90 Å². The number of thiophene rings is 1. The number of hydrogen-bond acceptors (Lipinski definition) is 6. The molecule has 1 aliphatic rings. The minimum Gasteiger partial charge on any atom is -0.393 e. The SMILES string of the molecule is CN(C)c1ccnc2sc3c(=O)n([C@H]4CC[C@H](O)CC4)cnc3c12. The molecule has 1 saturated carbocycles. The molecule has 4 rings (SSSR count). The van der Waals surface area contributed by atoms with Crippen molar-refractivity contribution >= 4 is 37.5 Å². The summed E-state index contributed by atoms with van der Waals surface area (Å²) in [4.78, 5) is 24.9. The van der Waals surface area contributed by atoms with E-state index in [1.807, 2.05) is 25.1 Å². The zero-order chi connectivity index (χ0) is 16.8. The number of aliphatic hydroxyl groups is 1. The largest absolute Gasteiger partial charge is 0.393 e. The molecule has 0 bridgehead atoms. The first kappa shape index (κ1) is 15.5. The summed E-state index contributed by atoms with van der Waals surface area (Å²) in [7, 11) is 3.96. The number of rotatable bonds is 2. The molecule has 1 aliphatic carbocycles. The van der Waals surface area contributed by atoms with E-state index in [1.165, 1.54) is 11.3 Å². The Morgan fingerprint density at radius 2 is 2.00 bits per heavy atom. The molecule has 24 heavy (non-hydrogen) atoms. The highest BCUT2D eigenvalue weighted by Gasteiger charge is 2.23. The molecule has 7 heteroatoms. The first-order chi connectivity index (χ1) is 11.6. The fourth-order valence-corrected chi connectivity index (χ4v) is 4.57. The lowest BCUT2D eigenvalue weighted by Crippen LogP contribution is -2.29. The smallest absolute Gasteiger partial charge is 0.271 e. The van der Waals surface area contributed by atoms with Gasteiger partial charge in [-0.15, -0.1) is 11.3 Å². The van der Waals surface area contributed by atoms with Crippen molar-refractivity contribution in [2.24, 2.45) is 0 Å². The second kappa shape index (κ2) is 5.82. The Hall–Kier alpha value is -1.99. The number of hydrogen-bond donors (Lipinski definition) is 1. The van der Waals surface area contributed by atoms with Crippen LogP contribution in [0.4, 0.5) is 5.69 Å². The predicted molar refractivity (Wildman–Crippen MR) is 97.0 cm³/mol. The Morgan fingerprint density at radius 3 is 2.71 bits per heavy atom. The molecule has 1 N–H and O–H groups in total. The maximum atomic E-state index is 13.0. The molecule has 0 atom stereocenters. The van der Waals surface area contributed by atoms with Crippen molar-refractivity contribution in [1.82, 2.24) is 14.5 Å². The average molecular weight is 344 g/mol.